The summed E-state index contributed by atoms with van der Waals surface area (Å²) in [5, 5.41) is 0.654. The normalized spacial score (nSPS) is 11.0. The minimum Gasteiger partial charge on any atom is -0.496 e. The number of hydrogen-bond donors (Lipinski definition) is 1. The van der Waals surface area contributed by atoms with Crippen molar-refractivity contribution in [2.45, 2.75) is 33.2 Å². The summed E-state index contributed by atoms with van der Waals surface area (Å²) in [6, 6.07) is 7.64. The fraction of sp³-hybridized carbons (Fsp3) is 0.350. The molecule has 27 heavy (non-hydrogen) atoms. The zero-order valence-corrected chi connectivity index (χ0v) is 16.8. The summed E-state index contributed by atoms with van der Waals surface area (Å²) in [6.07, 6.45) is 0.680. The molecule has 0 atom stereocenters. The first-order chi connectivity index (χ1) is 12.9. The number of carbonyl (C=O) groups is 1. The Bertz CT molecular complexity index is 1040. The molecule has 0 fully saturated rings. The number of thiophene rings is 1. The predicted molar refractivity (Wildman–Crippen MR) is 108 cm³/mol. The molecule has 0 spiro atoms. The number of fused-ring (bicyclic) bond motifs is 1. The second-order valence-electron chi connectivity index (χ2n) is 6.54. The van der Waals surface area contributed by atoms with Crippen LogP contribution in [0.1, 0.15) is 28.2 Å². The van der Waals surface area contributed by atoms with Crippen LogP contribution in [-0.4, -0.2) is 34.9 Å². The average molecular weight is 385 g/mol. The van der Waals surface area contributed by atoms with Crippen LogP contribution >= 0.6 is 11.3 Å². The highest BCUT2D eigenvalue weighted by Crippen LogP contribution is 2.25. The van der Waals surface area contributed by atoms with E-state index in [0.29, 0.717) is 24.2 Å². The number of nitrogens with zero attached hydrogens (tertiary/aromatic N) is 2. The Hall–Kier alpha value is -2.67. The Morgan fingerprint density at radius 2 is 2.04 bits per heavy atom. The smallest absolute Gasteiger partial charge is 0.259 e. The van der Waals surface area contributed by atoms with Gasteiger partial charge in [-0.15, -0.1) is 11.3 Å². The maximum atomic E-state index is 12.5. The molecule has 7 heteroatoms. The Labute approximate surface area is 161 Å². The minimum absolute atomic E-state index is 0.0119. The van der Waals surface area contributed by atoms with Gasteiger partial charge in [-0.2, -0.15) is 0 Å². The number of ether oxygens (including phenoxy) is 1. The predicted octanol–water partition coefficient (Wildman–Crippen LogP) is 3.20. The van der Waals surface area contributed by atoms with Crippen molar-refractivity contribution >= 4 is 27.5 Å². The standard InChI is InChI=1S/C20H23N3O3S/c1-12-13(2)27-20-18(12)19(25)21-16(22-20)9-10-17(24)23(3)11-14-7-5-6-8-15(14)26-4/h5-8H,9-11H2,1-4H3,(H,21,22,25). The van der Waals surface area contributed by atoms with Gasteiger partial charge in [0.25, 0.3) is 5.56 Å². The molecule has 0 bridgehead atoms. The van der Waals surface area contributed by atoms with Crippen molar-refractivity contribution in [1.82, 2.24) is 14.9 Å². The maximum Gasteiger partial charge on any atom is 0.259 e. The van der Waals surface area contributed by atoms with Crippen LogP contribution in [0.5, 0.6) is 5.75 Å². The molecule has 0 aliphatic heterocycles. The number of methoxy groups -OCH3 is 1. The number of carbonyl (C=O) groups excluding carboxylic acids is 1. The Balaban J connectivity index is 1.68. The van der Waals surface area contributed by atoms with E-state index < -0.39 is 0 Å². The lowest BCUT2D eigenvalue weighted by atomic mass is 10.1. The molecule has 142 valence electrons. The van der Waals surface area contributed by atoms with Gasteiger partial charge in [0.05, 0.1) is 12.5 Å². The summed E-state index contributed by atoms with van der Waals surface area (Å²) in [6.45, 7) is 4.38. The molecule has 0 saturated heterocycles. The second kappa shape index (κ2) is 7.92. The van der Waals surface area contributed by atoms with Crippen LogP contribution in [0.25, 0.3) is 10.2 Å². The van der Waals surface area contributed by atoms with Crippen molar-refractivity contribution < 1.29 is 9.53 Å². The number of H-pyrrole nitrogens is 1. The van der Waals surface area contributed by atoms with Crippen LogP contribution in [0.2, 0.25) is 0 Å². The Morgan fingerprint density at radius 1 is 1.30 bits per heavy atom. The van der Waals surface area contributed by atoms with E-state index in [1.54, 1.807) is 19.1 Å². The van der Waals surface area contributed by atoms with Crippen molar-refractivity contribution in [1.29, 1.82) is 0 Å². The van der Waals surface area contributed by atoms with Crippen LogP contribution in [0.4, 0.5) is 0 Å². The molecule has 1 amide bonds. The van der Waals surface area contributed by atoms with E-state index in [9.17, 15) is 9.59 Å². The third kappa shape index (κ3) is 4.03. The molecule has 0 unspecified atom stereocenters. The van der Waals surface area contributed by atoms with Gasteiger partial charge < -0.3 is 14.6 Å². The summed E-state index contributed by atoms with van der Waals surface area (Å²) in [5.74, 6) is 1.30. The lowest BCUT2D eigenvalue weighted by Gasteiger charge is -2.18. The number of aromatic nitrogens is 2. The molecule has 2 aromatic heterocycles. The van der Waals surface area contributed by atoms with Gasteiger partial charge >= 0.3 is 0 Å². The SMILES string of the molecule is COc1ccccc1CN(C)C(=O)CCc1nc2sc(C)c(C)c2c(=O)[nH]1. The lowest BCUT2D eigenvalue weighted by Crippen LogP contribution is -2.27. The monoisotopic (exact) mass is 385 g/mol. The largest absolute Gasteiger partial charge is 0.496 e. The van der Waals surface area contributed by atoms with E-state index in [0.717, 1.165) is 26.6 Å². The lowest BCUT2D eigenvalue weighted by molar-refractivity contribution is -0.130. The summed E-state index contributed by atoms with van der Waals surface area (Å²) in [4.78, 5) is 35.7. The molecule has 1 N–H and O–H groups in total. The van der Waals surface area contributed by atoms with Crippen LogP contribution in [0, 0.1) is 13.8 Å². The molecule has 0 aliphatic rings. The molecule has 2 heterocycles. The number of aromatic amines is 1. The van der Waals surface area contributed by atoms with Gasteiger partial charge in [0.1, 0.15) is 16.4 Å². The third-order valence-corrected chi connectivity index (χ3v) is 5.79. The number of para-hydroxylation sites is 1. The van der Waals surface area contributed by atoms with E-state index in [2.05, 4.69) is 9.97 Å². The number of rotatable bonds is 6. The van der Waals surface area contributed by atoms with Crippen molar-refractivity contribution in [2.24, 2.45) is 0 Å². The molecule has 3 rings (SSSR count). The van der Waals surface area contributed by atoms with E-state index in [4.69, 9.17) is 4.74 Å². The molecular formula is C20H23N3O3S. The topological polar surface area (TPSA) is 75.3 Å². The molecule has 1 aromatic carbocycles. The van der Waals surface area contributed by atoms with Crippen molar-refractivity contribution in [3.63, 3.8) is 0 Å². The molecule has 0 saturated carbocycles. The molecule has 3 aromatic rings. The second-order valence-corrected chi connectivity index (χ2v) is 7.74. The molecule has 0 aliphatic carbocycles. The first kappa shape index (κ1) is 19.1. The van der Waals surface area contributed by atoms with Crippen LogP contribution in [0.15, 0.2) is 29.1 Å². The number of aryl methyl sites for hydroxylation is 3. The summed E-state index contributed by atoms with van der Waals surface area (Å²) >= 11 is 1.51. The first-order valence-corrected chi connectivity index (χ1v) is 9.57. The Kier molecular flexibility index (Phi) is 5.60. The summed E-state index contributed by atoms with van der Waals surface area (Å²) < 4.78 is 5.33. The number of amides is 1. The maximum absolute atomic E-state index is 12.5. The van der Waals surface area contributed by atoms with Crippen LogP contribution in [-0.2, 0) is 17.8 Å². The fourth-order valence-corrected chi connectivity index (χ4v) is 4.06. The van der Waals surface area contributed by atoms with E-state index in [-0.39, 0.29) is 17.9 Å². The third-order valence-electron chi connectivity index (χ3n) is 4.69. The summed E-state index contributed by atoms with van der Waals surface area (Å²) in [5.41, 5.74) is 1.79. The zero-order valence-electron chi connectivity index (χ0n) is 16.0. The van der Waals surface area contributed by atoms with Gasteiger partial charge in [-0.3, -0.25) is 9.59 Å². The average Bonchev–Trinajstić information content (AvgIpc) is 2.94. The zero-order chi connectivity index (χ0) is 19.6. The van der Waals surface area contributed by atoms with E-state index in [1.807, 2.05) is 38.1 Å². The van der Waals surface area contributed by atoms with Gasteiger partial charge in [0, 0.05) is 36.9 Å². The van der Waals surface area contributed by atoms with Crippen LogP contribution in [0.3, 0.4) is 0 Å². The van der Waals surface area contributed by atoms with Crippen LogP contribution < -0.4 is 10.3 Å². The number of hydrogen-bond acceptors (Lipinski definition) is 5. The van der Waals surface area contributed by atoms with E-state index in [1.165, 1.54) is 11.3 Å². The molecule has 0 radical (unpaired) electrons. The highest BCUT2D eigenvalue weighted by Gasteiger charge is 2.15. The number of benzene rings is 1. The number of nitrogens with one attached hydrogen (secondary N) is 1. The van der Waals surface area contributed by atoms with Gasteiger partial charge in [-0.25, -0.2) is 4.98 Å². The minimum atomic E-state index is -0.133. The van der Waals surface area contributed by atoms with Gasteiger partial charge in [-0.1, -0.05) is 18.2 Å². The van der Waals surface area contributed by atoms with Gasteiger partial charge in [0.2, 0.25) is 5.91 Å². The fourth-order valence-electron chi connectivity index (χ4n) is 3.01. The van der Waals surface area contributed by atoms with E-state index >= 15 is 0 Å². The molecular weight excluding hydrogens is 362 g/mol. The quantitative estimate of drug-likeness (QED) is 0.707. The van der Waals surface area contributed by atoms with Crippen molar-refractivity contribution in [3.05, 3.63) is 56.4 Å². The van der Waals surface area contributed by atoms with Gasteiger partial charge in [-0.05, 0) is 25.5 Å². The molecule has 6 nitrogen and oxygen atoms in total. The summed E-state index contributed by atoms with van der Waals surface area (Å²) in [7, 11) is 3.38. The highest BCUT2D eigenvalue weighted by atomic mass is 32.1. The van der Waals surface area contributed by atoms with Crippen molar-refractivity contribution in [2.75, 3.05) is 14.2 Å². The Morgan fingerprint density at radius 3 is 2.78 bits per heavy atom. The van der Waals surface area contributed by atoms with Gasteiger partial charge in [0.15, 0.2) is 0 Å². The van der Waals surface area contributed by atoms with Crippen molar-refractivity contribution in [3.8, 4) is 5.75 Å². The first-order valence-electron chi connectivity index (χ1n) is 8.75. The highest BCUT2D eigenvalue weighted by molar-refractivity contribution is 7.18.